The number of amides is 2. The number of nitrogens with zero attached hydrogens (tertiary/aromatic N) is 1. The zero-order chi connectivity index (χ0) is 23.9. The fraction of sp³-hybridized carbons (Fsp3) is 0.103. The summed E-state index contributed by atoms with van der Waals surface area (Å²) in [6.45, 7) is 2.34. The highest BCUT2D eigenvalue weighted by molar-refractivity contribution is 6.06. The number of aryl methyl sites for hydroxylation is 1. The number of carbonyl (C=O) groups excluding carboxylic acids is 2. The number of rotatable bonds is 7. The van der Waals surface area contributed by atoms with Gasteiger partial charge in [0.15, 0.2) is 0 Å². The molecule has 4 nitrogen and oxygen atoms in total. The summed E-state index contributed by atoms with van der Waals surface area (Å²) in [7, 11) is 0. The number of hydrogen-bond acceptors (Lipinski definition) is 2. The molecule has 0 radical (unpaired) electrons. The Balaban J connectivity index is 1.54. The number of anilines is 2. The molecule has 0 aliphatic heterocycles. The van der Waals surface area contributed by atoms with Crippen molar-refractivity contribution in [3.8, 4) is 0 Å². The van der Waals surface area contributed by atoms with E-state index in [2.05, 4.69) is 5.32 Å². The Kier molecular flexibility index (Phi) is 7.13. The van der Waals surface area contributed by atoms with E-state index in [4.69, 9.17) is 0 Å². The summed E-state index contributed by atoms with van der Waals surface area (Å²) >= 11 is 0. The van der Waals surface area contributed by atoms with Crippen molar-refractivity contribution in [3.63, 3.8) is 0 Å². The molecule has 0 aromatic heterocycles. The van der Waals surface area contributed by atoms with Crippen molar-refractivity contribution < 1.29 is 14.0 Å². The molecule has 2 amide bonds. The monoisotopic (exact) mass is 452 g/mol. The summed E-state index contributed by atoms with van der Waals surface area (Å²) in [6, 6.07) is 30.2. The summed E-state index contributed by atoms with van der Waals surface area (Å²) in [5.74, 6) is -0.873. The highest BCUT2D eigenvalue weighted by atomic mass is 19.1. The third kappa shape index (κ3) is 5.95. The molecule has 0 spiro atoms. The van der Waals surface area contributed by atoms with Gasteiger partial charge in [-0.2, -0.15) is 0 Å². The van der Waals surface area contributed by atoms with E-state index < -0.39 is 5.82 Å². The van der Waals surface area contributed by atoms with E-state index in [1.54, 1.807) is 11.0 Å². The first-order valence-corrected chi connectivity index (χ1v) is 11.0. The molecule has 170 valence electrons. The molecule has 0 heterocycles. The first-order valence-electron chi connectivity index (χ1n) is 11.0. The van der Waals surface area contributed by atoms with Crippen molar-refractivity contribution in [2.24, 2.45) is 0 Å². The van der Waals surface area contributed by atoms with Gasteiger partial charge in [-0.15, -0.1) is 0 Å². The molecule has 0 fully saturated rings. The fourth-order valence-corrected chi connectivity index (χ4v) is 3.64. The van der Waals surface area contributed by atoms with Crippen LogP contribution in [0, 0.1) is 12.7 Å². The van der Waals surface area contributed by atoms with Crippen molar-refractivity contribution in [2.45, 2.75) is 19.9 Å². The zero-order valence-corrected chi connectivity index (χ0v) is 18.9. The topological polar surface area (TPSA) is 49.4 Å². The minimum Gasteiger partial charge on any atom is -0.326 e. The first-order chi connectivity index (χ1) is 16.5. The number of benzene rings is 4. The van der Waals surface area contributed by atoms with Crippen LogP contribution in [0.2, 0.25) is 0 Å². The van der Waals surface area contributed by atoms with Crippen LogP contribution in [0.15, 0.2) is 103 Å². The quantitative estimate of drug-likeness (QED) is 0.365. The SMILES string of the molecule is Cc1ccc(CN(C(=O)c2cccc(F)c2)c2ccc(CC(=O)Nc3ccccc3)cc2)cc1. The van der Waals surface area contributed by atoms with E-state index in [0.29, 0.717) is 12.2 Å². The van der Waals surface area contributed by atoms with Crippen LogP contribution in [0.5, 0.6) is 0 Å². The number of para-hydroxylation sites is 1. The summed E-state index contributed by atoms with van der Waals surface area (Å²) in [6.07, 6.45) is 0.213. The standard InChI is InChI=1S/C29H25FN2O2/c1-21-10-12-23(13-11-21)20-32(29(34)24-6-5-7-25(30)19-24)27-16-14-22(15-17-27)18-28(33)31-26-8-3-2-4-9-26/h2-17,19H,18,20H2,1H3,(H,31,33). The van der Waals surface area contributed by atoms with Gasteiger partial charge in [-0.1, -0.05) is 66.2 Å². The Morgan fingerprint density at radius 2 is 1.47 bits per heavy atom. The predicted molar refractivity (Wildman–Crippen MR) is 133 cm³/mol. The molecule has 0 atom stereocenters. The van der Waals surface area contributed by atoms with Crippen molar-refractivity contribution >= 4 is 23.2 Å². The van der Waals surface area contributed by atoms with Gasteiger partial charge in [-0.3, -0.25) is 9.59 Å². The van der Waals surface area contributed by atoms with E-state index in [-0.39, 0.29) is 23.8 Å². The lowest BCUT2D eigenvalue weighted by molar-refractivity contribution is -0.115. The number of carbonyl (C=O) groups is 2. The predicted octanol–water partition coefficient (Wildman–Crippen LogP) is 6.16. The maximum Gasteiger partial charge on any atom is 0.258 e. The average Bonchev–Trinajstić information content (AvgIpc) is 2.84. The molecule has 0 aliphatic rings. The van der Waals surface area contributed by atoms with Crippen LogP contribution < -0.4 is 10.2 Å². The van der Waals surface area contributed by atoms with Gasteiger partial charge in [0.1, 0.15) is 5.82 Å². The normalized spacial score (nSPS) is 10.5. The molecule has 5 heteroatoms. The van der Waals surface area contributed by atoms with Gasteiger partial charge in [-0.05, 0) is 60.5 Å². The lowest BCUT2D eigenvalue weighted by Crippen LogP contribution is -2.30. The Bertz CT molecular complexity index is 1270. The highest BCUT2D eigenvalue weighted by Gasteiger charge is 2.19. The summed E-state index contributed by atoms with van der Waals surface area (Å²) < 4.78 is 13.8. The van der Waals surface area contributed by atoms with Gasteiger partial charge >= 0.3 is 0 Å². The van der Waals surface area contributed by atoms with Crippen molar-refractivity contribution in [1.82, 2.24) is 0 Å². The summed E-state index contributed by atoms with van der Waals surface area (Å²) in [5.41, 5.74) is 4.60. The molecule has 0 saturated heterocycles. The summed E-state index contributed by atoms with van der Waals surface area (Å²) in [4.78, 5) is 27.3. The molecular formula is C29H25FN2O2. The smallest absolute Gasteiger partial charge is 0.258 e. The Hall–Kier alpha value is -4.25. The number of nitrogens with one attached hydrogen (secondary N) is 1. The second kappa shape index (κ2) is 10.6. The molecule has 0 unspecified atom stereocenters. The lowest BCUT2D eigenvalue weighted by Gasteiger charge is -2.24. The molecule has 34 heavy (non-hydrogen) atoms. The average molecular weight is 453 g/mol. The highest BCUT2D eigenvalue weighted by Crippen LogP contribution is 2.22. The van der Waals surface area contributed by atoms with Crippen LogP contribution in [0.25, 0.3) is 0 Å². The van der Waals surface area contributed by atoms with Crippen LogP contribution in [-0.4, -0.2) is 11.8 Å². The molecule has 4 aromatic carbocycles. The Morgan fingerprint density at radius 3 is 2.15 bits per heavy atom. The fourth-order valence-electron chi connectivity index (χ4n) is 3.64. The molecular weight excluding hydrogens is 427 g/mol. The number of hydrogen-bond donors (Lipinski definition) is 1. The minimum absolute atomic E-state index is 0.119. The minimum atomic E-state index is -0.457. The zero-order valence-electron chi connectivity index (χ0n) is 18.9. The molecule has 0 bridgehead atoms. The largest absolute Gasteiger partial charge is 0.326 e. The van der Waals surface area contributed by atoms with Gasteiger partial charge in [0.2, 0.25) is 5.91 Å². The van der Waals surface area contributed by atoms with Crippen LogP contribution in [-0.2, 0) is 17.8 Å². The second-order valence-corrected chi connectivity index (χ2v) is 8.14. The van der Waals surface area contributed by atoms with Crippen molar-refractivity contribution in [1.29, 1.82) is 0 Å². The van der Waals surface area contributed by atoms with Crippen molar-refractivity contribution in [2.75, 3.05) is 10.2 Å². The van der Waals surface area contributed by atoms with Crippen LogP contribution >= 0.6 is 0 Å². The van der Waals surface area contributed by atoms with Gasteiger partial charge in [0.05, 0.1) is 13.0 Å². The third-order valence-corrected chi connectivity index (χ3v) is 5.45. The molecule has 0 saturated carbocycles. The second-order valence-electron chi connectivity index (χ2n) is 8.14. The molecule has 4 aromatic rings. The van der Waals surface area contributed by atoms with Gasteiger partial charge in [-0.25, -0.2) is 4.39 Å². The van der Waals surface area contributed by atoms with Gasteiger partial charge in [0.25, 0.3) is 5.91 Å². The third-order valence-electron chi connectivity index (χ3n) is 5.45. The Morgan fingerprint density at radius 1 is 0.794 bits per heavy atom. The summed E-state index contributed by atoms with van der Waals surface area (Å²) in [5, 5.41) is 2.87. The lowest BCUT2D eigenvalue weighted by atomic mass is 10.1. The van der Waals surface area contributed by atoms with Crippen LogP contribution in [0.3, 0.4) is 0 Å². The molecule has 0 aliphatic carbocycles. The van der Waals surface area contributed by atoms with E-state index in [1.807, 2.05) is 85.8 Å². The maximum atomic E-state index is 13.8. The maximum absolute atomic E-state index is 13.8. The van der Waals surface area contributed by atoms with E-state index in [0.717, 1.165) is 22.4 Å². The Labute approximate surface area is 198 Å². The number of halogens is 1. The van der Waals surface area contributed by atoms with Crippen LogP contribution in [0.4, 0.5) is 15.8 Å². The molecule has 4 rings (SSSR count). The van der Waals surface area contributed by atoms with E-state index in [1.165, 1.54) is 18.2 Å². The van der Waals surface area contributed by atoms with Gasteiger partial charge in [0, 0.05) is 16.9 Å². The van der Waals surface area contributed by atoms with Crippen LogP contribution in [0.1, 0.15) is 27.0 Å². The first kappa shape index (κ1) is 22.9. The van der Waals surface area contributed by atoms with E-state index >= 15 is 0 Å². The molecule has 1 N–H and O–H groups in total. The van der Waals surface area contributed by atoms with E-state index in [9.17, 15) is 14.0 Å². The van der Waals surface area contributed by atoms with Gasteiger partial charge < -0.3 is 10.2 Å². The van der Waals surface area contributed by atoms with Crippen molar-refractivity contribution in [3.05, 3.63) is 131 Å².